The molecule has 0 saturated heterocycles. The molecule has 7 heteroatoms. The summed E-state index contributed by atoms with van der Waals surface area (Å²) in [4.78, 5) is 14.8. The largest absolute Gasteiger partial charge is 0.461 e. The van der Waals surface area contributed by atoms with Crippen LogP contribution in [0.2, 0.25) is 0 Å². The first-order valence-corrected chi connectivity index (χ1v) is 9.96. The van der Waals surface area contributed by atoms with Crippen LogP contribution in [-0.4, -0.2) is 22.7 Å². The van der Waals surface area contributed by atoms with Crippen LogP contribution in [-0.2, 0) is 5.41 Å². The van der Waals surface area contributed by atoms with Crippen molar-refractivity contribution in [2.45, 2.75) is 44.1 Å². The van der Waals surface area contributed by atoms with Crippen molar-refractivity contribution in [2.75, 3.05) is 6.54 Å². The summed E-state index contributed by atoms with van der Waals surface area (Å²) < 4.78 is 10.5. The number of rotatable bonds is 6. The van der Waals surface area contributed by atoms with Crippen molar-refractivity contribution >= 4 is 17.2 Å². The van der Waals surface area contributed by atoms with Crippen molar-refractivity contribution in [3.05, 3.63) is 52.0 Å². The van der Waals surface area contributed by atoms with Gasteiger partial charge in [-0.2, -0.15) is 0 Å². The van der Waals surface area contributed by atoms with Crippen molar-refractivity contribution in [1.82, 2.24) is 10.5 Å². The normalized spacial score (nSPS) is 17.1. The van der Waals surface area contributed by atoms with Crippen LogP contribution in [0, 0.1) is 0 Å². The molecule has 0 spiro atoms. The number of nitrogens with zero attached hydrogens (tertiary/aromatic N) is 1. The molecule has 3 aromatic rings. The topological polar surface area (TPSA) is 88.5 Å². The van der Waals surface area contributed by atoms with Crippen molar-refractivity contribution in [1.29, 1.82) is 0 Å². The summed E-state index contributed by atoms with van der Waals surface area (Å²) in [7, 11) is 0. The number of furan rings is 1. The van der Waals surface area contributed by atoms with Crippen LogP contribution >= 0.6 is 11.3 Å². The number of amides is 1. The van der Waals surface area contributed by atoms with Gasteiger partial charge in [-0.1, -0.05) is 18.0 Å². The minimum Gasteiger partial charge on any atom is -0.461 e. The van der Waals surface area contributed by atoms with E-state index in [0.29, 0.717) is 18.1 Å². The Kier molecular flexibility index (Phi) is 4.88. The summed E-state index contributed by atoms with van der Waals surface area (Å²) in [6.07, 6.45) is 5.43. The molecule has 3 heterocycles. The van der Waals surface area contributed by atoms with Crippen molar-refractivity contribution in [3.63, 3.8) is 0 Å². The minimum absolute atomic E-state index is 0.0684. The Hall–Kier alpha value is -2.38. The number of aliphatic hydroxyl groups is 1. The van der Waals surface area contributed by atoms with Gasteiger partial charge in [-0.15, -0.1) is 11.3 Å². The molecule has 4 rings (SSSR count). The fourth-order valence-corrected chi connectivity index (χ4v) is 4.87. The lowest BCUT2D eigenvalue weighted by molar-refractivity contribution is 0.0934. The van der Waals surface area contributed by atoms with E-state index < -0.39 is 6.10 Å². The third-order valence-electron chi connectivity index (χ3n) is 5.22. The Morgan fingerprint density at radius 3 is 2.81 bits per heavy atom. The predicted molar refractivity (Wildman–Crippen MR) is 102 cm³/mol. The first-order chi connectivity index (χ1) is 13.1. The Morgan fingerprint density at radius 2 is 2.15 bits per heavy atom. The number of carbonyl (C=O) groups excluding carboxylic acids is 1. The molecule has 6 nitrogen and oxygen atoms in total. The van der Waals surface area contributed by atoms with Crippen molar-refractivity contribution < 1.29 is 18.8 Å². The molecule has 0 aromatic carbocycles. The highest BCUT2D eigenvalue weighted by Crippen LogP contribution is 2.44. The van der Waals surface area contributed by atoms with E-state index in [1.165, 1.54) is 4.88 Å². The van der Waals surface area contributed by atoms with Gasteiger partial charge in [0.2, 0.25) is 5.76 Å². The average molecular weight is 386 g/mol. The van der Waals surface area contributed by atoms with Gasteiger partial charge in [-0.05, 0) is 44.0 Å². The zero-order chi connectivity index (χ0) is 18.9. The molecule has 2 N–H and O–H groups in total. The van der Waals surface area contributed by atoms with E-state index in [1.54, 1.807) is 42.7 Å². The predicted octanol–water partition coefficient (Wildman–Crippen LogP) is 4.29. The molecule has 1 saturated carbocycles. The van der Waals surface area contributed by atoms with Gasteiger partial charge in [0.25, 0.3) is 5.91 Å². The smallest absolute Gasteiger partial charge is 0.273 e. The summed E-state index contributed by atoms with van der Waals surface area (Å²) in [6, 6.07) is 9.18. The molecule has 142 valence electrons. The number of aliphatic hydroxyl groups excluding tert-OH is 1. The van der Waals surface area contributed by atoms with Gasteiger partial charge in [0, 0.05) is 27.8 Å². The fraction of sp³-hybridized carbons (Fsp3) is 0.400. The van der Waals surface area contributed by atoms with E-state index >= 15 is 0 Å². The zero-order valence-electron chi connectivity index (χ0n) is 15.1. The van der Waals surface area contributed by atoms with E-state index in [0.717, 1.165) is 30.6 Å². The zero-order valence-corrected chi connectivity index (χ0v) is 15.9. The summed E-state index contributed by atoms with van der Waals surface area (Å²) in [5.74, 6) is 0.716. The standard InChI is InChI=1S/C20H22N2O4S/c1-13(23)17-6-7-18(27-17)20(8-2-3-9-20)12-21-19(24)14-11-16(26-22-14)15-5-4-10-25-15/h4-7,10-11,13,23H,2-3,8-9,12H2,1H3,(H,21,24)/t13-/m0/s1. The van der Waals surface area contributed by atoms with Gasteiger partial charge in [0.1, 0.15) is 0 Å². The Morgan fingerprint density at radius 1 is 1.33 bits per heavy atom. The lowest BCUT2D eigenvalue weighted by atomic mass is 9.84. The van der Waals surface area contributed by atoms with Crippen LogP contribution in [0.15, 0.2) is 45.5 Å². The SMILES string of the molecule is C[C@H](O)c1ccc(C2(CNC(=O)c3cc(-c4ccco4)on3)CCCC2)s1. The highest BCUT2D eigenvalue weighted by molar-refractivity contribution is 7.12. The number of hydrogen-bond donors (Lipinski definition) is 2. The molecule has 1 fully saturated rings. The fourth-order valence-electron chi connectivity index (χ4n) is 3.68. The molecule has 0 radical (unpaired) electrons. The van der Waals surface area contributed by atoms with Gasteiger partial charge in [-0.25, -0.2) is 0 Å². The van der Waals surface area contributed by atoms with Gasteiger partial charge in [-0.3, -0.25) is 4.79 Å². The van der Waals surface area contributed by atoms with Gasteiger partial charge in [0.15, 0.2) is 11.5 Å². The number of carbonyl (C=O) groups is 1. The Bertz CT molecular complexity index is 904. The van der Waals surface area contributed by atoms with Crippen molar-refractivity contribution in [2.24, 2.45) is 0 Å². The highest BCUT2D eigenvalue weighted by atomic mass is 32.1. The van der Waals surface area contributed by atoms with Crippen LogP contribution in [0.5, 0.6) is 0 Å². The minimum atomic E-state index is -0.466. The number of hydrogen-bond acceptors (Lipinski definition) is 6. The highest BCUT2D eigenvalue weighted by Gasteiger charge is 2.37. The maximum Gasteiger partial charge on any atom is 0.273 e. The second-order valence-corrected chi connectivity index (χ2v) is 8.22. The number of thiophene rings is 1. The van der Waals surface area contributed by atoms with E-state index in [1.807, 2.05) is 6.07 Å². The van der Waals surface area contributed by atoms with E-state index in [9.17, 15) is 9.90 Å². The first-order valence-electron chi connectivity index (χ1n) is 9.14. The molecule has 0 bridgehead atoms. The van der Waals surface area contributed by atoms with E-state index in [-0.39, 0.29) is 17.0 Å². The molecule has 0 unspecified atom stereocenters. The van der Waals surface area contributed by atoms with Crippen molar-refractivity contribution in [3.8, 4) is 11.5 Å². The van der Waals surface area contributed by atoms with Gasteiger partial charge < -0.3 is 19.4 Å². The third kappa shape index (κ3) is 3.57. The van der Waals surface area contributed by atoms with Crippen LogP contribution in [0.4, 0.5) is 0 Å². The average Bonchev–Trinajstić information content (AvgIpc) is 3.46. The number of aromatic nitrogens is 1. The summed E-state index contributed by atoms with van der Waals surface area (Å²) >= 11 is 1.64. The van der Waals surface area contributed by atoms with E-state index in [2.05, 4.69) is 16.5 Å². The Labute approximate surface area is 161 Å². The quantitative estimate of drug-likeness (QED) is 0.660. The molecular weight excluding hydrogens is 364 g/mol. The Balaban J connectivity index is 1.47. The maximum absolute atomic E-state index is 12.6. The molecule has 1 atom stereocenters. The lowest BCUT2D eigenvalue weighted by Crippen LogP contribution is -2.38. The molecule has 1 aliphatic rings. The van der Waals surface area contributed by atoms with Crippen LogP contribution in [0.1, 0.15) is 59.0 Å². The summed E-state index contributed by atoms with van der Waals surface area (Å²) in [5.41, 5.74) is 0.173. The van der Waals surface area contributed by atoms with Crippen LogP contribution < -0.4 is 5.32 Å². The molecule has 27 heavy (non-hydrogen) atoms. The third-order valence-corrected chi connectivity index (χ3v) is 6.72. The summed E-state index contributed by atoms with van der Waals surface area (Å²) in [5, 5.41) is 16.7. The molecule has 3 aromatic heterocycles. The molecule has 0 aliphatic heterocycles. The molecule has 1 amide bonds. The lowest BCUT2D eigenvalue weighted by Gasteiger charge is -2.28. The second-order valence-electron chi connectivity index (χ2n) is 7.10. The maximum atomic E-state index is 12.6. The summed E-state index contributed by atoms with van der Waals surface area (Å²) in [6.45, 7) is 2.33. The van der Waals surface area contributed by atoms with Gasteiger partial charge in [0.05, 0.1) is 12.4 Å². The first kappa shape index (κ1) is 18.0. The molecular formula is C20H22N2O4S. The van der Waals surface area contributed by atoms with E-state index in [4.69, 9.17) is 8.94 Å². The van der Waals surface area contributed by atoms with Crippen LogP contribution in [0.25, 0.3) is 11.5 Å². The number of nitrogens with one attached hydrogen (secondary N) is 1. The monoisotopic (exact) mass is 386 g/mol. The van der Waals surface area contributed by atoms with Crippen LogP contribution in [0.3, 0.4) is 0 Å². The second kappa shape index (κ2) is 7.32. The van der Waals surface area contributed by atoms with Gasteiger partial charge >= 0.3 is 0 Å². The molecule has 1 aliphatic carbocycles.